The fourth-order valence-corrected chi connectivity index (χ4v) is 4.39. The number of halogens is 5. The Balaban J connectivity index is 1.94. The Labute approximate surface area is 209 Å². The third-order valence-electron chi connectivity index (χ3n) is 5.83. The lowest BCUT2D eigenvalue weighted by Crippen LogP contribution is -2.45. The molecule has 0 aromatic heterocycles. The zero-order valence-electron chi connectivity index (χ0n) is 19.1. The van der Waals surface area contributed by atoms with Crippen LogP contribution in [0, 0.1) is 5.92 Å². The summed E-state index contributed by atoms with van der Waals surface area (Å²) in [6, 6.07) is -0.451. The number of carbonyl (C=O) groups excluding carboxylic acids is 1. The van der Waals surface area contributed by atoms with Gasteiger partial charge in [-0.3, -0.25) is 4.99 Å². The van der Waals surface area contributed by atoms with E-state index >= 15 is 0 Å². The van der Waals surface area contributed by atoms with E-state index in [4.69, 9.17) is 28.2 Å². The maximum atomic E-state index is 12.7. The van der Waals surface area contributed by atoms with Crippen molar-refractivity contribution in [3.8, 4) is 0 Å². The molecule has 2 fully saturated rings. The minimum Gasteiger partial charge on any atom is -0.373 e. The summed E-state index contributed by atoms with van der Waals surface area (Å²) in [7, 11) is 0. The molecule has 2 rings (SSSR count). The van der Waals surface area contributed by atoms with Crippen LogP contribution in [-0.2, 0) is 0 Å². The number of nitrogens with zero attached hydrogens (tertiary/aromatic N) is 3. The second-order valence-corrected chi connectivity index (χ2v) is 8.92. The smallest absolute Gasteiger partial charge is 0.373 e. The number of allylic oxidation sites excluding steroid dienone is 4. The molecule has 2 aliphatic rings. The van der Waals surface area contributed by atoms with Crippen molar-refractivity contribution >= 4 is 34.9 Å². The van der Waals surface area contributed by atoms with Crippen LogP contribution < -0.4 is 5.32 Å². The molecule has 0 radical (unpaired) electrons. The average Bonchev–Trinajstić information content (AvgIpc) is 3.32. The van der Waals surface area contributed by atoms with E-state index in [1.54, 1.807) is 4.90 Å². The standard InChI is InChI=1S/C24H31Cl2F3N4O/c1-4-7-20(32-10-5-6-11-32)16-30-22(15-25)19-8-12-33(13-9-19)23(34)31-17(2)14-21(26)18(3)24(27,28)29/h4,14,16,19H,1-3,5-13,15H2,(H,31,34)/b20-16+,21-14+,30-22+. The van der Waals surface area contributed by atoms with Crippen molar-refractivity contribution in [1.29, 1.82) is 0 Å². The summed E-state index contributed by atoms with van der Waals surface area (Å²) in [5.74, 6) is 0.451. The zero-order valence-corrected chi connectivity index (χ0v) is 20.7. The highest BCUT2D eigenvalue weighted by Gasteiger charge is 2.34. The normalized spacial score (nSPS) is 18.8. The molecule has 0 aromatic rings. The van der Waals surface area contributed by atoms with Crippen LogP contribution in [-0.4, -0.2) is 59.8 Å². The van der Waals surface area contributed by atoms with Crippen LogP contribution in [0.15, 0.2) is 65.1 Å². The van der Waals surface area contributed by atoms with Gasteiger partial charge in [0.25, 0.3) is 0 Å². The van der Waals surface area contributed by atoms with Gasteiger partial charge < -0.3 is 15.1 Å². The van der Waals surface area contributed by atoms with Gasteiger partial charge in [0.15, 0.2) is 0 Å². The molecular weight excluding hydrogens is 488 g/mol. The van der Waals surface area contributed by atoms with Gasteiger partial charge in [-0.25, -0.2) is 4.79 Å². The third kappa shape index (κ3) is 8.24. The van der Waals surface area contributed by atoms with Crippen LogP contribution >= 0.6 is 23.2 Å². The van der Waals surface area contributed by atoms with Crippen LogP contribution in [0.25, 0.3) is 0 Å². The molecule has 5 nitrogen and oxygen atoms in total. The summed E-state index contributed by atoms with van der Waals surface area (Å²) in [5, 5.41) is 1.85. The van der Waals surface area contributed by atoms with E-state index in [0.29, 0.717) is 31.8 Å². The number of nitrogens with one attached hydrogen (secondary N) is 1. The molecular formula is C24H31Cl2F3N4O. The topological polar surface area (TPSA) is 47.9 Å². The minimum atomic E-state index is -4.66. The van der Waals surface area contributed by atoms with E-state index < -0.39 is 22.8 Å². The lowest BCUT2D eigenvalue weighted by molar-refractivity contribution is -0.0882. The first kappa shape index (κ1) is 28.1. The molecule has 10 heteroatoms. The summed E-state index contributed by atoms with van der Waals surface area (Å²) < 4.78 is 38.0. The van der Waals surface area contributed by atoms with E-state index in [-0.39, 0.29) is 11.6 Å². The van der Waals surface area contributed by atoms with Gasteiger partial charge in [-0.2, -0.15) is 13.2 Å². The molecule has 0 aromatic carbocycles. The molecule has 0 spiro atoms. The molecule has 2 amide bonds. The van der Waals surface area contributed by atoms with Gasteiger partial charge in [0.1, 0.15) is 0 Å². The van der Waals surface area contributed by atoms with Crippen molar-refractivity contribution in [2.24, 2.45) is 10.9 Å². The quantitative estimate of drug-likeness (QED) is 0.167. The number of rotatable bonds is 9. The van der Waals surface area contributed by atoms with Crippen molar-refractivity contribution in [3.05, 3.63) is 60.1 Å². The minimum absolute atomic E-state index is 0.0488. The number of piperidine rings is 1. The monoisotopic (exact) mass is 518 g/mol. The molecule has 2 aliphatic heterocycles. The van der Waals surface area contributed by atoms with Crippen molar-refractivity contribution in [2.45, 2.75) is 38.3 Å². The van der Waals surface area contributed by atoms with Gasteiger partial charge in [-0.1, -0.05) is 30.8 Å². The van der Waals surface area contributed by atoms with Gasteiger partial charge in [0, 0.05) is 61.8 Å². The van der Waals surface area contributed by atoms with Crippen molar-refractivity contribution in [3.63, 3.8) is 0 Å². The largest absolute Gasteiger partial charge is 0.417 e. The highest BCUT2D eigenvalue weighted by Crippen LogP contribution is 2.32. The van der Waals surface area contributed by atoms with Crippen LogP contribution in [0.2, 0.25) is 0 Å². The van der Waals surface area contributed by atoms with E-state index in [0.717, 1.165) is 37.0 Å². The number of amides is 2. The SMILES string of the molecule is C=CC/C(=C\N=C(/CCl)C1CCN(C(=O)NC(=C)/C=C(/Cl)C(=C)C(F)(F)F)CC1)N1CCCC1. The van der Waals surface area contributed by atoms with Crippen molar-refractivity contribution < 1.29 is 18.0 Å². The summed E-state index contributed by atoms with van der Waals surface area (Å²) in [5.41, 5.74) is 0.762. The Hall–Kier alpha value is -2.19. The third-order valence-corrected chi connectivity index (χ3v) is 6.45. The Morgan fingerprint density at radius 3 is 2.26 bits per heavy atom. The zero-order chi connectivity index (χ0) is 25.3. The number of hydrogen-bond acceptors (Lipinski definition) is 3. The summed E-state index contributed by atoms with van der Waals surface area (Å²) >= 11 is 11.8. The molecule has 188 valence electrons. The number of alkyl halides is 4. The van der Waals surface area contributed by atoms with Crippen LogP contribution in [0.3, 0.4) is 0 Å². The molecule has 0 saturated carbocycles. The lowest BCUT2D eigenvalue weighted by Gasteiger charge is -2.32. The molecule has 0 unspecified atom stereocenters. The van der Waals surface area contributed by atoms with Gasteiger partial charge in [-0.15, -0.1) is 18.2 Å². The summed E-state index contributed by atoms with van der Waals surface area (Å²) in [6.07, 6.45) is 4.49. The number of aliphatic imine (C=N–C) groups is 1. The maximum Gasteiger partial charge on any atom is 0.417 e. The van der Waals surface area contributed by atoms with E-state index in [9.17, 15) is 18.0 Å². The number of hydrogen-bond donors (Lipinski definition) is 1. The number of urea groups is 1. The Morgan fingerprint density at radius 1 is 1.12 bits per heavy atom. The highest BCUT2D eigenvalue weighted by molar-refractivity contribution is 6.32. The van der Waals surface area contributed by atoms with Crippen molar-refractivity contribution in [1.82, 2.24) is 15.1 Å². The van der Waals surface area contributed by atoms with Crippen molar-refractivity contribution in [2.75, 3.05) is 32.1 Å². The molecule has 0 atom stereocenters. The van der Waals surface area contributed by atoms with Gasteiger partial charge in [0.05, 0.1) is 16.5 Å². The summed E-state index contributed by atoms with van der Waals surface area (Å²) in [6.45, 7) is 13.3. The van der Waals surface area contributed by atoms with E-state index in [2.05, 4.69) is 30.0 Å². The Bertz CT molecular complexity index is 866. The van der Waals surface area contributed by atoms with Gasteiger partial charge in [-0.05, 0) is 31.8 Å². The first-order valence-corrected chi connectivity index (χ1v) is 12.0. The predicted octanol–water partition coefficient (Wildman–Crippen LogP) is 6.36. The second kappa shape index (κ2) is 13.0. The molecule has 0 bridgehead atoms. The molecule has 1 N–H and O–H groups in total. The maximum absolute atomic E-state index is 12.7. The lowest BCUT2D eigenvalue weighted by atomic mass is 9.92. The molecule has 0 aliphatic carbocycles. The second-order valence-electron chi connectivity index (χ2n) is 8.25. The predicted molar refractivity (Wildman–Crippen MR) is 133 cm³/mol. The number of carbonyl (C=O) groups is 1. The van der Waals surface area contributed by atoms with E-state index in [1.807, 2.05) is 12.3 Å². The van der Waals surface area contributed by atoms with Crippen LogP contribution in [0.4, 0.5) is 18.0 Å². The fraction of sp³-hybridized carbons (Fsp3) is 0.500. The molecule has 34 heavy (non-hydrogen) atoms. The average molecular weight is 519 g/mol. The van der Waals surface area contributed by atoms with Gasteiger partial charge in [0.2, 0.25) is 0 Å². The fourth-order valence-electron chi connectivity index (χ4n) is 3.87. The van der Waals surface area contributed by atoms with E-state index in [1.165, 1.54) is 12.8 Å². The summed E-state index contributed by atoms with van der Waals surface area (Å²) in [4.78, 5) is 21.1. The highest BCUT2D eigenvalue weighted by atomic mass is 35.5. The van der Waals surface area contributed by atoms with Crippen LogP contribution in [0.1, 0.15) is 32.1 Å². The first-order chi connectivity index (χ1) is 16.1. The molecule has 2 saturated heterocycles. The van der Waals surface area contributed by atoms with Crippen LogP contribution in [0.5, 0.6) is 0 Å². The van der Waals surface area contributed by atoms with Gasteiger partial charge >= 0.3 is 12.2 Å². The Kier molecular flexibility index (Phi) is 10.8. The Morgan fingerprint density at radius 2 is 1.74 bits per heavy atom. The number of likely N-dealkylation sites (tertiary alicyclic amines) is 2. The molecule has 2 heterocycles. The first-order valence-electron chi connectivity index (χ1n) is 11.1.